The molecule has 0 aliphatic heterocycles. The Kier molecular flexibility index (Phi) is 3.89. The summed E-state index contributed by atoms with van der Waals surface area (Å²) in [5.74, 6) is -1.34. The van der Waals surface area contributed by atoms with E-state index in [-0.39, 0.29) is 5.78 Å². The maximum atomic E-state index is 12.4. The average molecular weight is 305 g/mol. The number of hydrogen-bond donors (Lipinski definition) is 1. The molecule has 114 valence electrons. The number of hydrogen-bond acceptors (Lipinski definition) is 3. The van der Waals surface area contributed by atoms with Crippen molar-refractivity contribution in [2.45, 2.75) is 13.3 Å². The summed E-state index contributed by atoms with van der Waals surface area (Å²) in [6.45, 7) is 1.48. The van der Waals surface area contributed by atoms with E-state index in [1.807, 2.05) is 12.1 Å². The van der Waals surface area contributed by atoms with Gasteiger partial charge in [0.15, 0.2) is 5.78 Å². The van der Waals surface area contributed by atoms with Crippen LogP contribution in [0.1, 0.15) is 28.4 Å². The van der Waals surface area contributed by atoms with Gasteiger partial charge in [-0.25, -0.2) is 0 Å². The molecule has 0 unspecified atom stereocenters. The highest BCUT2D eigenvalue weighted by molar-refractivity contribution is 6.56. The number of benzene rings is 2. The predicted molar refractivity (Wildman–Crippen MR) is 88.2 cm³/mol. The molecular formula is C19H15NO3. The summed E-state index contributed by atoms with van der Waals surface area (Å²) in [5.41, 5.74) is 3.09. The zero-order chi connectivity index (χ0) is 16.4. The molecule has 0 aromatic heterocycles. The van der Waals surface area contributed by atoms with E-state index < -0.39 is 11.7 Å². The van der Waals surface area contributed by atoms with Gasteiger partial charge in [-0.15, -0.1) is 0 Å². The first kappa shape index (κ1) is 14.9. The molecular weight excluding hydrogens is 290 g/mol. The van der Waals surface area contributed by atoms with Gasteiger partial charge in [0.05, 0.1) is 0 Å². The molecule has 0 saturated heterocycles. The van der Waals surface area contributed by atoms with E-state index in [9.17, 15) is 14.4 Å². The molecule has 1 aliphatic rings. The van der Waals surface area contributed by atoms with Gasteiger partial charge in [0, 0.05) is 16.8 Å². The number of rotatable bonds is 4. The Labute approximate surface area is 133 Å². The van der Waals surface area contributed by atoms with Gasteiger partial charge in [-0.1, -0.05) is 36.4 Å². The molecule has 0 saturated carbocycles. The molecule has 3 rings (SSSR count). The van der Waals surface area contributed by atoms with Gasteiger partial charge in [-0.2, -0.15) is 0 Å². The lowest BCUT2D eigenvalue weighted by Crippen LogP contribution is -2.23. The van der Waals surface area contributed by atoms with Gasteiger partial charge in [0.1, 0.15) is 0 Å². The number of carbonyl (C=O) groups is 3. The number of nitrogens with one attached hydrogen (secondary N) is 1. The smallest absolute Gasteiger partial charge is 0.296 e. The van der Waals surface area contributed by atoms with Gasteiger partial charge in [-0.05, 0) is 42.7 Å². The molecule has 0 fully saturated rings. The Morgan fingerprint density at radius 1 is 1.00 bits per heavy atom. The summed E-state index contributed by atoms with van der Waals surface area (Å²) in [5, 5.41) is 2.59. The SMILES string of the molecule is CC(=O)c1ccc2c(c1)C(C(=O)C(=O)Nc1ccccc1)=CC2. The minimum absolute atomic E-state index is 0.0692. The molecule has 2 aromatic carbocycles. The molecule has 1 aliphatic carbocycles. The van der Waals surface area contributed by atoms with E-state index in [1.165, 1.54) is 6.92 Å². The van der Waals surface area contributed by atoms with Crippen molar-refractivity contribution in [1.29, 1.82) is 0 Å². The largest absolute Gasteiger partial charge is 0.319 e. The number of carbonyl (C=O) groups excluding carboxylic acids is 3. The first-order valence-electron chi connectivity index (χ1n) is 7.31. The average Bonchev–Trinajstić information content (AvgIpc) is 2.98. The van der Waals surface area contributed by atoms with E-state index >= 15 is 0 Å². The van der Waals surface area contributed by atoms with Crippen molar-refractivity contribution in [2.24, 2.45) is 0 Å². The third-order valence-corrected chi connectivity index (χ3v) is 3.82. The highest BCUT2D eigenvalue weighted by Crippen LogP contribution is 2.29. The number of allylic oxidation sites excluding steroid dienone is 1. The number of amides is 1. The molecule has 2 aromatic rings. The second kappa shape index (κ2) is 6.01. The van der Waals surface area contributed by atoms with Crippen molar-refractivity contribution >= 4 is 28.7 Å². The van der Waals surface area contributed by atoms with Gasteiger partial charge in [-0.3, -0.25) is 14.4 Å². The molecule has 0 spiro atoms. The first-order valence-corrected chi connectivity index (χ1v) is 7.31. The first-order chi connectivity index (χ1) is 11.1. The molecule has 0 atom stereocenters. The molecule has 4 heteroatoms. The third-order valence-electron chi connectivity index (χ3n) is 3.82. The van der Waals surface area contributed by atoms with E-state index in [2.05, 4.69) is 5.32 Å². The zero-order valence-electron chi connectivity index (χ0n) is 12.6. The number of fused-ring (bicyclic) bond motifs is 1. The second-order valence-electron chi connectivity index (χ2n) is 5.40. The van der Waals surface area contributed by atoms with Crippen LogP contribution < -0.4 is 5.32 Å². The molecule has 0 radical (unpaired) electrons. The van der Waals surface area contributed by atoms with E-state index in [4.69, 9.17) is 0 Å². The Balaban J connectivity index is 1.84. The monoisotopic (exact) mass is 305 g/mol. The van der Waals surface area contributed by atoms with E-state index in [0.29, 0.717) is 28.8 Å². The Hall–Kier alpha value is -3.01. The highest BCUT2D eigenvalue weighted by Gasteiger charge is 2.26. The minimum atomic E-state index is -0.677. The molecule has 4 nitrogen and oxygen atoms in total. The van der Waals surface area contributed by atoms with Gasteiger partial charge >= 0.3 is 0 Å². The summed E-state index contributed by atoms with van der Waals surface area (Å²) in [6.07, 6.45) is 2.33. The standard InChI is InChI=1S/C19H15NO3/c1-12(21)14-8-7-13-9-10-16(17(13)11-14)18(22)19(23)20-15-5-3-2-4-6-15/h2-8,10-11H,9H2,1H3,(H,20,23). The number of para-hydroxylation sites is 1. The lowest BCUT2D eigenvalue weighted by Gasteiger charge is -2.08. The van der Waals surface area contributed by atoms with Crippen molar-refractivity contribution in [1.82, 2.24) is 0 Å². The van der Waals surface area contributed by atoms with Crippen LogP contribution in [-0.4, -0.2) is 17.5 Å². The maximum Gasteiger partial charge on any atom is 0.296 e. The summed E-state index contributed by atoms with van der Waals surface area (Å²) in [6, 6.07) is 14.1. The van der Waals surface area contributed by atoms with Gasteiger partial charge < -0.3 is 5.32 Å². The molecule has 0 bridgehead atoms. The lowest BCUT2D eigenvalue weighted by molar-refractivity contribution is -0.131. The molecule has 23 heavy (non-hydrogen) atoms. The predicted octanol–water partition coefficient (Wildman–Crippen LogP) is 3.04. The number of Topliss-reactive ketones (excluding diaryl/α,β-unsaturated/α-hetero) is 2. The van der Waals surface area contributed by atoms with Crippen molar-refractivity contribution < 1.29 is 14.4 Å². The Morgan fingerprint density at radius 2 is 1.74 bits per heavy atom. The number of ketones is 2. The maximum absolute atomic E-state index is 12.4. The van der Waals surface area contributed by atoms with Crippen LogP contribution in [0.3, 0.4) is 0 Å². The quantitative estimate of drug-likeness (QED) is 0.697. The normalized spacial score (nSPS) is 12.3. The van der Waals surface area contributed by atoms with Crippen LogP contribution in [0.5, 0.6) is 0 Å². The second-order valence-corrected chi connectivity index (χ2v) is 5.40. The van der Waals surface area contributed by atoms with Crippen LogP contribution in [0.25, 0.3) is 5.57 Å². The van der Waals surface area contributed by atoms with Crippen LogP contribution >= 0.6 is 0 Å². The molecule has 1 N–H and O–H groups in total. The van der Waals surface area contributed by atoms with Gasteiger partial charge in [0.2, 0.25) is 0 Å². The summed E-state index contributed by atoms with van der Waals surface area (Å²) < 4.78 is 0. The lowest BCUT2D eigenvalue weighted by atomic mass is 9.98. The van der Waals surface area contributed by atoms with Gasteiger partial charge in [0.25, 0.3) is 11.7 Å². The molecule has 0 heterocycles. The van der Waals surface area contributed by atoms with E-state index in [0.717, 1.165) is 5.56 Å². The van der Waals surface area contributed by atoms with Crippen molar-refractivity contribution in [3.05, 3.63) is 71.3 Å². The van der Waals surface area contributed by atoms with Crippen molar-refractivity contribution in [2.75, 3.05) is 5.32 Å². The zero-order valence-corrected chi connectivity index (χ0v) is 12.6. The van der Waals surface area contributed by atoms with Crippen molar-refractivity contribution in [3.8, 4) is 0 Å². The fraction of sp³-hybridized carbons (Fsp3) is 0.105. The third kappa shape index (κ3) is 2.97. The fourth-order valence-corrected chi connectivity index (χ4v) is 2.59. The summed E-state index contributed by atoms with van der Waals surface area (Å²) in [7, 11) is 0. The summed E-state index contributed by atoms with van der Waals surface area (Å²) >= 11 is 0. The Bertz CT molecular complexity index is 835. The van der Waals surface area contributed by atoms with Crippen molar-refractivity contribution in [3.63, 3.8) is 0 Å². The minimum Gasteiger partial charge on any atom is -0.319 e. The fourth-order valence-electron chi connectivity index (χ4n) is 2.59. The number of anilines is 1. The molecule has 1 amide bonds. The van der Waals surface area contributed by atoms with E-state index in [1.54, 1.807) is 42.5 Å². The van der Waals surface area contributed by atoms with Crippen LogP contribution in [0.4, 0.5) is 5.69 Å². The van der Waals surface area contributed by atoms with Crippen LogP contribution in [-0.2, 0) is 16.0 Å². The summed E-state index contributed by atoms with van der Waals surface area (Å²) in [4.78, 5) is 36.1. The van der Waals surface area contributed by atoms with Crippen LogP contribution in [0.2, 0.25) is 0 Å². The van der Waals surface area contributed by atoms with Crippen LogP contribution in [0, 0.1) is 0 Å². The van der Waals surface area contributed by atoms with Crippen LogP contribution in [0.15, 0.2) is 54.6 Å². The topological polar surface area (TPSA) is 63.2 Å². The Morgan fingerprint density at radius 3 is 2.43 bits per heavy atom. The highest BCUT2D eigenvalue weighted by atomic mass is 16.2.